The number of unbranched alkanes of at least 4 members (excludes halogenated alkanes) is 11. The van der Waals surface area contributed by atoms with Gasteiger partial charge in [-0.05, 0) is 41.8 Å². The highest BCUT2D eigenvalue weighted by molar-refractivity contribution is 7.99. The molecule has 0 saturated carbocycles. The van der Waals surface area contributed by atoms with Gasteiger partial charge in [0.15, 0.2) is 0 Å². The van der Waals surface area contributed by atoms with Crippen LogP contribution < -0.4 is 4.90 Å². The Kier molecular flexibility index (Phi) is 10.5. The summed E-state index contributed by atoms with van der Waals surface area (Å²) in [6.45, 7) is 11.3. The molecule has 2 aromatic rings. The van der Waals surface area contributed by atoms with Gasteiger partial charge in [-0.25, -0.2) is 0 Å². The minimum absolute atomic E-state index is 1.08. The van der Waals surface area contributed by atoms with Crippen LogP contribution in [-0.4, -0.2) is 6.54 Å². The molecule has 0 saturated heterocycles. The Bertz CT molecular complexity index is 812. The van der Waals surface area contributed by atoms with E-state index in [4.69, 9.17) is 0 Å². The number of nitrogens with zero attached hydrogens (tertiary/aromatic N) is 1. The first-order chi connectivity index (χ1) is 15.8. The third-order valence-corrected chi connectivity index (χ3v) is 7.57. The zero-order valence-corrected chi connectivity index (χ0v) is 20.9. The lowest BCUT2D eigenvalue weighted by molar-refractivity contribution is 0.544. The Morgan fingerprint density at radius 3 is 1.53 bits per heavy atom. The Morgan fingerprint density at radius 1 is 0.656 bits per heavy atom. The highest BCUT2D eigenvalue weighted by Crippen LogP contribution is 2.49. The van der Waals surface area contributed by atoms with Gasteiger partial charge in [-0.2, -0.15) is 0 Å². The first-order valence-electron chi connectivity index (χ1n) is 12.7. The standard InChI is InChI=1S/C30H41NS/c1-4-7-8-9-10-11-12-13-14-15-16-17-22-31-27-20-18-25(5-2)23-29(27)32-30-24-26(6-3)19-21-28(30)31/h5-6,18-21,23-24H,2-4,7-17,22H2,1H3. The second kappa shape index (κ2) is 13.6. The molecule has 0 N–H and O–H groups in total. The summed E-state index contributed by atoms with van der Waals surface area (Å²) in [4.78, 5) is 5.18. The molecule has 0 fully saturated rings. The molecule has 0 radical (unpaired) electrons. The predicted octanol–water partition coefficient (Wildman–Crippen LogP) is 10.3. The largest absolute Gasteiger partial charge is 0.340 e. The summed E-state index contributed by atoms with van der Waals surface area (Å²) < 4.78 is 0. The van der Waals surface area contributed by atoms with E-state index in [1.807, 2.05) is 23.9 Å². The minimum atomic E-state index is 1.08. The van der Waals surface area contributed by atoms with Crippen LogP contribution in [0.1, 0.15) is 95.1 Å². The Hall–Kier alpha value is -1.93. The number of hydrogen-bond acceptors (Lipinski definition) is 2. The van der Waals surface area contributed by atoms with Crippen LogP contribution >= 0.6 is 11.8 Å². The molecule has 32 heavy (non-hydrogen) atoms. The summed E-state index contributed by atoms with van der Waals surface area (Å²) >= 11 is 1.87. The summed E-state index contributed by atoms with van der Waals surface area (Å²) in [7, 11) is 0. The highest BCUT2D eigenvalue weighted by Gasteiger charge is 2.23. The molecule has 1 heterocycles. The average Bonchev–Trinajstić information content (AvgIpc) is 2.83. The van der Waals surface area contributed by atoms with Gasteiger partial charge in [0.25, 0.3) is 0 Å². The van der Waals surface area contributed by atoms with Crippen molar-refractivity contribution >= 4 is 35.3 Å². The molecule has 0 aromatic heterocycles. The van der Waals surface area contributed by atoms with Gasteiger partial charge >= 0.3 is 0 Å². The monoisotopic (exact) mass is 447 g/mol. The topological polar surface area (TPSA) is 3.24 Å². The number of fused-ring (bicyclic) bond motifs is 2. The van der Waals surface area contributed by atoms with E-state index in [-0.39, 0.29) is 0 Å². The van der Waals surface area contributed by atoms with Gasteiger partial charge in [0.2, 0.25) is 0 Å². The quantitative estimate of drug-likeness (QED) is 0.250. The van der Waals surface area contributed by atoms with Crippen LogP contribution in [0, 0.1) is 0 Å². The first kappa shape index (κ1) is 24.7. The van der Waals surface area contributed by atoms with E-state index in [0.29, 0.717) is 0 Å². The van der Waals surface area contributed by atoms with Gasteiger partial charge in [-0.3, -0.25) is 0 Å². The SMILES string of the molecule is C=Cc1ccc2c(c1)Sc1cc(C=C)ccc1N2CCCCCCCCCCCCCC. The summed E-state index contributed by atoms with van der Waals surface area (Å²) in [6.07, 6.45) is 20.5. The van der Waals surface area contributed by atoms with Crippen LogP contribution in [0.5, 0.6) is 0 Å². The fourth-order valence-electron chi connectivity index (χ4n) is 4.52. The predicted molar refractivity (Wildman–Crippen MR) is 145 cm³/mol. The molecule has 1 aliphatic rings. The molecule has 2 aromatic carbocycles. The van der Waals surface area contributed by atoms with Gasteiger partial charge in [-0.1, -0.05) is 127 Å². The molecule has 172 valence electrons. The molecule has 2 heteroatoms. The summed E-state index contributed by atoms with van der Waals surface area (Å²) in [5, 5.41) is 0. The van der Waals surface area contributed by atoms with E-state index in [2.05, 4.69) is 61.4 Å². The maximum atomic E-state index is 3.95. The normalized spacial score (nSPS) is 12.3. The van der Waals surface area contributed by atoms with Crippen molar-refractivity contribution < 1.29 is 0 Å². The van der Waals surface area contributed by atoms with Crippen LogP contribution in [0.4, 0.5) is 11.4 Å². The molecular weight excluding hydrogens is 406 g/mol. The van der Waals surface area contributed by atoms with Crippen molar-refractivity contribution in [1.82, 2.24) is 0 Å². The Morgan fingerprint density at radius 2 is 1.09 bits per heavy atom. The highest BCUT2D eigenvalue weighted by atomic mass is 32.2. The average molecular weight is 448 g/mol. The maximum Gasteiger partial charge on any atom is 0.0553 e. The molecule has 0 unspecified atom stereocenters. The van der Waals surface area contributed by atoms with E-state index in [0.717, 1.165) is 6.54 Å². The number of anilines is 2. The van der Waals surface area contributed by atoms with Gasteiger partial charge in [0, 0.05) is 16.3 Å². The van der Waals surface area contributed by atoms with E-state index >= 15 is 0 Å². The van der Waals surface area contributed by atoms with E-state index < -0.39 is 0 Å². The lowest BCUT2D eigenvalue weighted by Gasteiger charge is -2.33. The lowest BCUT2D eigenvalue weighted by Crippen LogP contribution is -2.22. The fraction of sp³-hybridized carbons (Fsp3) is 0.467. The summed E-state index contributed by atoms with van der Waals surface area (Å²) in [5.41, 5.74) is 5.04. The van der Waals surface area contributed by atoms with E-state index in [1.54, 1.807) is 0 Å². The first-order valence-corrected chi connectivity index (χ1v) is 13.6. The van der Waals surface area contributed by atoms with Crippen molar-refractivity contribution in [3.63, 3.8) is 0 Å². The Balaban J connectivity index is 1.48. The lowest BCUT2D eigenvalue weighted by atomic mass is 10.0. The molecule has 0 aliphatic carbocycles. The molecule has 0 bridgehead atoms. The molecule has 1 aliphatic heterocycles. The van der Waals surface area contributed by atoms with Crippen LogP contribution in [0.2, 0.25) is 0 Å². The maximum absolute atomic E-state index is 3.95. The fourth-order valence-corrected chi connectivity index (χ4v) is 5.72. The second-order valence-electron chi connectivity index (χ2n) is 9.01. The third kappa shape index (κ3) is 7.04. The van der Waals surface area contributed by atoms with Crippen molar-refractivity contribution in [2.75, 3.05) is 11.4 Å². The second-order valence-corrected chi connectivity index (χ2v) is 10.1. The van der Waals surface area contributed by atoms with Crippen LogP contribution in [0.15, 0.2) is 59.3 Å². The zero-order chi connectivity index (χ0) is 22.6. The van der Waals surface area contributed by atoms with Crippen molar-refractivity contribution in [1.29, 1.82) is 0 Å². The molecule has 0 spiro atoms. The summed E-state index contributed by atoms with van der Waals surface area (Å²) in [6, 6.07) is 13.4. The number of benzene rings is 2. The Labute approximate surface area is 201 Å². The minimum Gasteiger partial charge on any atom is -0.340 e. The van der Waals surface area contributed by atoms with Crippen LogP contribution in [-0.2, 0) is 0 Å². The van der Waals surface area contributed by atoms with Crippen molar-refractivity contribution in [2.45, 2.75) is 93.8 Å². The molecule has 0 atom stereocenters. The van der Waals surface area contributed by atoms with Crippen LogP contribution in [0.25, 0.3) is 12.2 Å². The van der Waals surface area contributed by atoms with Gasteiger partial charge in [0.05, 0.1) is 11.4 Å². The number of rotatable bonds is 15. The van der Waals surface area contributed by atoms with E-state index in [9.17, 15) is 0 Å². The molecule has 3 rings (SSSR count). The van der Waals surface area contributed by atoms with Gasteiger partial charge < -0.3 is 4.90 Å². The van der Waals surface area contributed by atoms with Crippen LogP contribution in [0.3, 0.4) is 0 Å². The van der Waals surface area contributed by atoms with Crippen molar-refractivity contribution in [3.05, 3.63) is 60.7 Å². The van der Waals surface area contributed by atoms with Gasteiger partial charge in [0.1, 0.15) is 0 Å². The molecular formula is C30H41NS. The third-order valence-electron chi connectivity index (χ3n) is 6.48. The van der Waals surface area contributed by atoms with E-state index in [1.165, 1.54) is 109 Å². The zero-order valence-electron chi connectivity index (χ0n) is 20.1. The van der Waals surface area contributed by atoms with Gasteiger partial charge in [-0.15, -0.1) is 0 Å². The van der Waals surface area contributed by atoms with Crippen molar-refractivity contribution in [3.8, 4) is 0 Å². The smallest absolute Gasteiger partial charge is 0.0553 e. The number of hydrogen-bond donors (Lipinski definition) is 0. The molecule has 0 amide bonds. The summed E-state index contributed by atoms with van der Waals surface area (Å²) in [5.74, 6) is 0. The molecule has 1 nitrogen and oxygen atoms in total. The van der Waals surface area contributed by atoms with Crippen molar-refractivity contribution in [2.24, 2.45) is 0 Å².